The largest absolute Gasteiger partial charge is 0.475 e. The Hall–Kier alpha value is -1.89. The number of carbonyl (C=O) groups excluding carboxylic acids is 1. The van der Waals surface area contributed by atoms with E-state index in [0.29, 0.717) is 12.5 Å². The molecular weight excluding hydrogens is 262 g/mol. The van der Waals surface area contributed by atoms with E-state index in [-0.39, 0.29) is 17.5 Å². The SMILES string of the molecule is CC(C)CC(CN(C)C)NC(=O)c1cc(C(=O)O)on1. The molecule has 20 heavy (non-hydrogen) atoms. The normalized spacial score (nSPS) is 12.7. The third-order valence-electron chi connectivity index (χ3n) is 2.63. The van der Waals surface area contributed by atoms with Gasteiger partial charge in [0.05, 0.1) is 0 Å². The first-order valence-corrected chi connectivity index (χ1v) is 6.45. The molecule has 2 N–H and O–H groups in total. The fourth-order valence-electron chi connectivity index (χ4n) is 1.93. The van der Waals surface area contributed by atoms with Gasteiger partial charge >= 0.3 is 5.97 Å². The van der Waals surface area contributed by atoms with Gasteiger partial charge < -0.3 is 19.8 Å². The monoisotopic (exact) mass is 283 g/mol. The molecule has 0 bridgehead atoms. The van der Waals surface area contributed by atoms with Crippen LogP contribution in [-0.2, 0) is 0 Å². The summed E-state index contributed by atoms with van der Waals surface area (Å²) in [6.45, 7) is 4.86. The molecule has 0 aliphatic heterocycles. The second kappa shape index (κ2) is 7.04. The predicted octanol–water partition coefficient (Wildman–Crippen LogP) is 1.08. The van der Waals surface area contributed by atoms with E-state index in [1.165, 1.54) is 0 Å². The highest BCUT2D eigenvalue weighted by Gasteiger charge is 2.20. The van der Waals surface area contributed by atoms with Gasteiger partial charge in [0.1, 0.15) is 0 Å². The van der Waals surface area contributed by atoms with Crippen LogP contribution in [0.15, 0.2) is 10.6 Å². The van der Waals surface area contributed by atoms with Crippen molar-refractivity contribution in [3.05, 3.63) is 17.5 Å². The Morgan fingerprint density at radius 3 is 2.55 bits per heavy atom. The van der Waals surface area contributed by atoms with Crippen molar-refractivity contribution in [3.8, 4) is 0 Å². The molecule has 0 aliphatic rings. The Balaban J connectivity index is 2.70. The molecule has 0 saturated carbocycles. The highest BCUT2D eigenvalue weighted by molar-refractivity contribution is 5.94. The Morgan fingerprint density at radius 2 is 2.10 bits per heavy atom. The molecule has 0 aromatic carbocycles. The van der Waals surface area contributed by atoms with Crippen molar-refractivity contribution >= 4 is 11.9 Å². The Labute approximate surface area is 117 Å². The van der Waals surface area contributed by atoms with Crippen LogP contribution in [0.4, 0.5) is 0 Å². The van der Waals surface area contributed by atoms with Gasteiger partial charge in [0.2, 0.25) is 5.76 Å². The van der Waals surface area contributed by atoms with Crippen molar-refractivity contribution in [1.82, 2.24) is 15.4 Å². The van der Waals surface area contributed by atoms with E-state index in [4.69, 9.17) is 5.11 Å². The number of likely N-dealkylation sites (N-methyl/N-ethyl adjacent to an activating group) is 1. The summed E-state index contributed by atoms with van der Waals surface area (Å²) in [5, 5.41) is 15.0. The maximum atomic E-state index is 12.0. The molecule has 1 aromatic heterocycles. The number of aromatic nitrogens is 1. The Morgan fingerprint density at radius 1 is 1.45 bits per heavy atom. The number of nitrogens with zero attached hydrogens (tertiary/aromatic N) is 2. The summed E-state index contributed by atoms with van der Waals surface area (Å²) in [4.78, 5) is 24.7. The van der Waals surface area contributed by atoms with Crippen LogP contribution in [0.3, 0.4) is 0 Å². The van der Waals surface area contributed by atoms with E-state index in [1.807, 2.05) is 19.0 Å². The molecule has 1 amide bonds. The maximum Gasteiger partial charge on any atom is 0.374 e. The summed E-state index contributed by atoms with van der Waals surface area (Å²) in [5.41, 5.74) is -0.0186. The second-order valence-electron chi connectivity index (χ2n) is 5.44. The van der Waals surface area contributed by atoms with Crippen molar-refractivity contribution in [1.29, 1.82) is 0 Å². The molecule has 112 valence electrons. The van der Waals surface area contributed by atoms with Crippen molar-refractivity contribution in [2.24, 2.45) is 5.92 Å². The number of aromatic carboxylic acids is 1. The van der Waals surface area contributed by atoms with E-state index < -0.39 is 11.9 Å². The highest BCUT2D eigenvalue weighted by Crippen LogP contribution is 2.08. The van der Waals surface area contributed by atoms with Gasteiger partial charge in [-0.3, -0.25) is 4.79 Å². The maximum absolute atomic E-state index is 12.0. The summed E-state index contributed by atoms with van der Waals surface area (Å²) in [7, 11) is 3.86. The molecule has 0 aliphatic carbocycles. The summed E-state index contributed by atoms with van der Waals surface area (Å²) in [6.07, 6.45) is 0.827. The van der Waals surface area contributed by atoms with Gasteiger partial charge in [0.25, 0.3) is 5.91 Å². The van der Waals surface area contributed by atoms with E-state index in [2.05, 4.69) is 28.8 Å². The van der Waals surface area contributed by atoms with Crippen LogP contribution in [0.5, 0.6) is 0 Å². The highest BCUT2D eigenvalue weighted by atomic mass is 16.5. The van der Waals surface area contributed by atoms with Crippen molar-refractivity contribution in [2.45, 2.75) is 26.3 Å². The minimum absolute atomic E-state index is 0.0186. The molecule has 1 unspecified atom stereocenters. The van der Waals surface area contributed by atoms with Crippen molar-refractivity contribution in [3.63, 3.8) is 0 Å². The first-order valence-electron chi connectivity index (χ1n) is 6.45. The van der Waals surface area contributed by atoms with Gasteiger partial charge in [-0.15, -0.1) is 0 Å². The third-order valence-corrected chi connectivity index (χ3v) is 2.63. The zero-order chi connectivity index (χ0) is 15.3. The third kappa shape index (κ3) is 5.00. The number of carboxylic acid groups (broad SMARTS) is 1. The number of amides is 1. The van der Waals surface area contributed by atoms with Gasteiger partial charge in [-0.05, 0) is 26.4 Å². The summed E-state index contributed by atoms with van der Waals surface area (Å²) < 4.78 is 4.57. The van der Waals surface area contributed by atoms with Crippen LogP contribution in [0, 0.1) is 5.92 Å². The lowest BCUT2D eigenvalue weighted by molar-refractivity contribution is 0.0650. The van der Waals surface area contributed by atoms with E-state index >= 15 is 0 Å². The minimum Gasteiger partial charge on any atom is -0.475 e. The number of hydrogen-bond acceptors (Lipinski definition) is 5. The summed E-state index contributed by atoms with van der Waals surface area (Å²) >= 11 is 0. The number of carboxylic acids is 1. The standard InChI is InChI=1S/C13H21N3O4/c1-8(2)5-9(7-16(3)4)14-12(17)10-6-11(13(18)19)20-15-10/h6,8-9H,5,7H2,1-4H3,(H,14,17)(H,18,19). The molecule has 1 atom stereocenters. The molecule has 1 aromatic rings. The molecule has 0 saturated heterocycles. The number of nitrogens with one attached hydrogen (secondary N) is 1. The molecule has 7 nitrogen and oxygen atoms in total. The van der Waals surface area contributed by atoms with Gasteiger partial charge in [-0.2, -0.15) is 0 Å². The van der Waals surface area contributed by atoms with E-state index in [9.17, 15) is 9.59 Å². The van der Waals surface area contributed by atoms with Crippen LogP contribution in [-0.4, -0.2) is 53.7 Å². The van der Waals surface area contributed by atoms with E-state index in [1.54, 1.807) is 0 Å². The first-order chi connectivity index (χ1) is 9.29. The zero-order valence-corrected chi connectivity index (χ0v) is 12.2. The summed E-state index contributed by atoms with van der Waals surface area (Å²) in [6, 6.07) is 1.10. The fourth-order valence-corrected chi connectivity index (χ4v) is 1.93. The molecule has 0 radical (unpaired) electrons. The second-order valence-corrected chi connectivity index (χ2v) is 5.44. The molecule has 1 rings (SSSR count). The smallest absolute Gasteiger partial charge is 0.374 e. The average molecular weight is 283 g/mol. The van der Waals surface area contributed by atoms with Gasteiger partial charge in [0, 0.05) is 18.7 Å². The van der Waals surface area contributed by atoms with Crippen LogP contribution in [0.1, 0.15) is 41.3 Å². The number of hydrogen-bond donors (Lipinski definition) is 2. The van der Waals surface area contributed by atoms with Crippen LogP contribution in [0.2, 0.25) is 0 Å². The zero-order valence-electron chi connectivity index (χ0n) is 12.2. The lowest BCUT2D eigenvalue weighted by atomic mass is 10.0. The minimum atomic E-state index is -1.25. The van der Waals surface area contributed by atoms with Crippen molar-refractivity contribution < 1.29 is 19.2 Å². The quantitative estimate of drug-likeness (QED) is 0.777. The lowest BCUT2D eigenvalue weighted by Crippen LogP contribution is -2.42. The van der Waals surface area contributed by atoms with Gasteiger partial charge in [-0.1, -0.05) is 19.0 Å². The van der Waals surface area contributed by atoms with Gasteiger partial charge in [0.15, 0.2) is 5.69 Å². The molecule has 0 spiro atoms. The van der Waals surface area contributed by atoms with Crippen LogP contribution in [0.25, 0.3) is 0 Å². The topological polar surface area (TPSA) is 95.7 Å². The molecular formula is C13H21N3O4. The number of carbonyl (C=O) groups is 2. The van der Waals surface area contributed by atoms with Crippen LogP contribution < -0.4 is 5.32 Å². The van der Waals surface area contributed by atoms with Crippen LogP contribution >= 0.6 is 0 Å². The summed E-state index contributed by atoms with van der Waals surface area (Å²) in [5.74, 6) is -1.58. The molecule has 1 heterocycles. The average Bonchev–Trinajstić information content (AvgIpc) is 2.75. The molecule has 7 heteroatoms. The van der Waals surface area contributed by atoms with E-state index in [0.717, 1.165) is 12.5 Å². The predicted molar refractivity (Wildman–Crippen MR) is 72.7 cm³/mol. The van der Waals surface area contributed by atoms with Gasteiger partial charge in [-0.25, -0.2) is 4.79 Å². The first kappa shape index (κ1) is 16.2. The van der Waals surface area contributed by atoms with Crippen molar-refractivity contribution in [2.75, 3.05) is 20.6 Å². The lowest BCUT2D eigenvalue weighted by Gasteiger charge is -2.23. The Kier molecular flexibility index (Phi) is 5.69. The Bertz CT molecular complexity index is 458. The molecule has 0 fully saturated rings. The number of rotatable bonds is 7. The fraction of sp³-hybridized carbons (Fsp3) is 0.615.